The number of hydrogen-bond acceptors (Lipinski definition) is 3. The smallest absolute Gasteiger partial charge is 0.0797 e. The number of ether oxygens (including phenoxy) is 1. The minimum atomic E-state index is 0.151. The number of hydrogen-bond donors (Lipinski definition) is 1. The van der Waals surface area contributed by atoms with Crippen molar-refractivity contribution in [2.45, 2.75) is 39.3 Å². The molecule has 0 saturated heterocycles. The van der Waals surface area contributed by atoms with Crippen molar-refractivity contribution in [1.82, 2.24) is 5.32 Å². The van der Waals surface area contributed by atoms with Crippen molar-refractivity contribution in [3.8, 4) is 0 Å². The summed E-state index contributed by atoms with van der Waals surface area (Å²) in [5.74, 6) is 0.451. The highest BCUT2D eigenvalue weighted by molar-refractivity contribution is 7.10. The summed E-state index contributed by atoms with van der Waals surface area (Å²) in [6.45, 7) is 7.50. The molecule has 4 heteroatoms. The first-order chi connectivity index (χ1) is 8.11. The van der Waals surface area contributed by atoms with Crippen molar-refractivity contribution in [2.75, 3.05) is 13.7 Å². The van der Waals surface area contributed by atoms with Gasteiger partial charge in [0.15, 0.2) is 0 Å². The van der Waals surface area contributed by atoms with Crippen molar-refractivity contribution in [3.05, 3.63) is 21.3 Å². The number of nitrogens with one attached hydrogen (secondary N) is 1. The number of methoxy groups -OCH3 is 1. The van der Waals surface area contributed by atoms with Crippen molar-refractivity contribution in [1.29, 1.82) is 0 Å². The molecule has 98 valence electrons. The summed E-state index contributed by atoms with van der Waals surface area (Å²) in [7, 11) is 1.77. The predicted octanol–water partition coefficient (Wildman–Crippen LogP) is 4.11. The van der Waals surface area contributed by atoms with E-state index in [1.807, 2.05) is 11.4 Å². The molecule has 0 spiro atoms. The summed E-state index contributed by atoms with van der Waals surface area (Å²) in [6.07, 6.45) is 1.26. The van der Waals surface area contributed by atoms with Crippen LogP contribution < -0.4 is 5.32 Å². The fraction of sp³-hybridized carbons (Fsp3) is 0.692. The Morgan fingerprint density at radius 3 is 2.59 bits per heavy atom. The molecule has 0 aliphatic heterocycles. The highest BCUT2D eigenvalue weighted by Crippen LogP contribution is 2.33. The van der Waals surface area contributed by atoms with E-state index in [0.29, 0.717) is 5.92 Å². The van der Waals surface area contributed by atoms with Gasteiger partial charge in [-0.3, -0.25) is 0 Å². The largest absolute Gasteiger partial charge is 0.379 e. The summed E-state index contributed by atoms with van der Waals surface area (Å²) < 4.78 is 5.64. The molecular formula is C13H22ClNOS. The molecule has 1 aromatic rings. The van der Waals surface area contributed by atoms with E-state index in [1.54, 1.807) is 18.4 Å². The second-order valence-electron chi connectivity index (χ2n) is 4.51. The van der Waals surface area contributed by atoms with Crippen LogP contribution >= 0.6 is 22.9 Å². The van der Waals surface area contributed by atoms with Gasteiger partial charge in [0, 0.05) is 12.0 Å². The van der Waals surface area contributed by atoms with Crippen molar-refractivity contribution < 1.29 is 4.74 Å². The Morgan fingerprint density at radius 2 is 2.18 bits per heavy atom. The Bertz CT molecular complexity index is 327. The summed E-state index contributed by atoms with van der Waals surface area (Å²) >= 11 is 7.93. The molecule has 1 N–H and O–H groups in total. The van der Waals surface area contributed by atoms with Crippen LogP contribution in [0.1, 0.15) is 38.1 Å². The Labute approximate surface area is 113 Å². The standard InChI is InChI=1S/C13H22ClNOS/c1-5-7-15-11(12(16-4)9(2)3)13-10(14)6-8-17-13/h6,8-9,11-12,15H,5,7H2,1-4H3. The molecule has 1 rings (SSSR count). The molecule has 0 fully saturated rings. The van der Waals surface area contributed by atoms with E-state index in [4.69, 9.17) is 16.3 Å². The maximum atomic E-state index is 6.23. The van der Waals surface area contributed by atoms with Gasteiger partial charge in [-0.1, -0.05) is 32.4 Å². The Kier molecular flexibility index (Phi) is 6.49. The molecule has 0 aliphatic carbocycles. The Morgan fingerprint density at radius 1 is 1.47 bits per heavy atom. The lowest BCUT2D eigenvalue weighted by atomic mass is 9.98. The van der Waals surface area contributed by atoms with Gasteiger partial charge in [0.1, 0.15) is 0 Å². The zero-order valence-electron chi connectivity index (χ0n) is 11.0. The number of rotatable bonds is 7. The van der Waals surface area contributed by atoms with Gasteiger partial charge in [0.05, 0.1) is 17.2 Å². The molecule has 0 amide bonds. The second-order valence-corrected chi connectivity index (χ2v) is 5.86. The van der Waals surface area contributed by atoms with E-state index in [2.05, 4.69) is 26.1 Å². The molecule has 0 aromatic carbocycles. The molecular weight excluding hydrogens is 254 g/mol. The first-order valence-electron chi connectivity index (χ1n) is 6.10. The summed E-state index contributed by atoms with van der Waals surface area (Å²) in [5, 5.41) is 6.42. The number of halogens is 1. The van der Waals surface area contributed by atoms with E-state index in [-0.39, 0.29) is 12.1 Å². The van der Waals surface area contributed by atoms with Crippen LogP contribution in [0.25, 0.3) is 0 Å². The molecule has 0 bridgehead atoms. The van der Waals surface area contributed by atoms with Gasteiger partial charge in [-0.25, -0.2) is 0 Å². The van der Waals surface area contributed by atoms with Gasteiger partial charge in [-0.15, -0.1) is 11.3 Å². The van der Waals surface area contributed by atoms with E-state index in [0.717, 1.165) is 18.0 Å². The van der Waals surface area contributed by atoms with Crippen molar-refractivity contribution >= 4 is 22.9 Å². The van der Waals surface area contributed by atoms with Crippen LogP contribution in [0, 0.1) is 5.92 Å². The van der Waals surface area contributed by atoms with Gasteiger partial charge in [-0.05, 0) is 30.3 Å². The zero-order chi connectivity index (χ0) is 12.8. The molecule has 2 unspecified atom stereocenters. The Balaban J connectivity index is 2.90. The fourth-order valence-corrected chi connectivity index (χ4v) is 3.26. The lowest BCUT2D eigenvalue weighted by molar-refractivity contribution is 0.0337. The maximum Gasteiger partial charge on any atom is 0.0797 e. The molecule has 0 radical (unpaired) electrons. The molecule has 0 saturated carbocycles. The predicted molar refractivity (Wildman–Crippen MR) is 76.0 cm³/mol. The highest BCUT2D eigenvalue weighted by atomic mass is 35.5. The molecule has 17 heavy (non-hydrogen) atoms. The maximum absolute atomic E-state index is 6.23. The van der Waals surface area contributed by atoms with E-state index >= 15 is 0 Å². The minimum Gasteiger partial charge on any atom is -0.379 e. The first kappa shape index (κ1) is 15.0. The lowest BCUT2D eigenvalue weighted by Crippen LogP contribution is -2.36. The summed E-state index contributed by atoms with van der Waals surface area (Å²) in [5.41, 5.74) is 0. The van der Waals surface area contributed by atoms with Crippen LogP contribution in [0.5, 0.6) is 0 Å². The third kappa shape index (κ3) is 3.95. The van der Waals surface area contributed by atoms with Crippen LogP contribution in [0.3, 0.4) is 0 Å². The number of thiophene rings is 1. The van der Waals surface area contributed by atoms with Crippen LogP contribution in [-0.2, 0) is 4.74 Å². The highest BCUT2D eigenvalue weighted by Gasteiger charge is 2.27. The monoisotopic (exact) mass is 275 g/mol. The fourth-order valence-electron chi connectivity index (χ4n) is 1.98. The zero-order valence-corrected chi connectivity index (χ0v) is 12.6. The summed E-state index contributed by atoms with van der Waals surface area (Å²) in [4.78, 5) is 1.18. The SMILES string of the molecule is CCCNC(c1sccc1Cl)C(OC)C(C)C. The van der Waals surface area contributed by atoms with Gasteiger partial charge >= 0.3 is 0 Å². The Hall–Kier alpha value is -0.0900. The van der Waals surface area contributed by atoms with E-state index in [1.165, 1.54) is 4.88 Å². The average Bonchev–Trinajstić information content (AvgIpc) is 2.70. The molecule has 1 heterocycles. The lowest BCUT2D eigenvalue weighted by Gasteiger charge is -2.29. The van der Waals surface area contributed by atoms with Gasteiger partial charge in [0.25, 0.3) is 0 Å². The average molecular weight is 276 g/mol. The van der Waals surface area contributed by atoms with Gasteiger partial charge in [0.2, 0.25) is 0 Å². The summed E-state index contributed by atoms with van der Waals surface area (Å²) in [6, 6.07) is 2.14. The van der Waals surface area contributed by atoms with Crippen LogP contribution in [-0.4, -0.2) is 19.8 Å². The molecule has 2 atom stereocenters. The van der Waals surface area contributed by atoms with E-state index < -0.39 is 0 Å². The molecule has 0 aliphatic rings. The third-order valence-corrected chi connectivity index (χ3v) is 4.24. The van der Waals surface area contributed by atoms with Crippen molar-refractivity contribution in [3.63, 3.8) is 0 Å². The van der Waals surface area contributed by atoms with E-state index in [9.17, 15) is 0 Å². The van der Waals surface area contributed by atoms with Crippen LogP contribution in [0.15, 0.2) is 11.4 Å². The minimum absolute atomic E-state index is 0.151. The second kappa shape index (κ2) is 7.37. The molecule has 2 nitrogen and oxygen atoms in total. The molecule has 1 aromatic heterocycles. The van der Waals surface area contributed by atoms with Gasteiger partial charge in [-0.2, -0.15) is 0 Å². The first-order valence-corrected chi connectivity index (χ1v) is 7.36. The van der Waals surface area contributed by atoms with Crippen LogP contribution in [0.4, 0.5) is 0 Å². The topological polar surface area (TPSA) is 21.3 Å². The van der Waals surface area contributed by atoms with Crippen molar-refractivity contribution in [2.24, 2.45) is 5.92 Å². The van der Waals surface area contributed by atoms with Crippen LogP contribution in [0.2, 0.25) is 5.02 Å². The van der Waals surface area contributed by atoms with Gasteiger partial charge < -0.3 is 10.1 Å². The third-order valence-electron chi connectivity index (χ3n) is 2.80. The quantitative estimate of drug-likeness (QED) is 0.808. The normalized spacial score (nSPS) is 15.2.